The van der Waals surface area contributed by atoms with Gasteiger partial charge in [0.05, 0.1) is 6.10 Å². The van der Waals surface area contributed by atoms with Crippen LogP contribution < -0.4 is 11.1 Å². The van der Waals surface area contributed by atoms with Gasteiger partial charge in [-0.3, -0.25) is 4.79 Å². The summed E-state index contributed by atoms with van der Waals surface area (Å²) in [6.45, 7) is 0.812. The summed E-state index contributed by atoms with van der Waals surface area (Å²) in [6, 6.07) is -0.287. The summed E-state index contributed by atoms with van der Waals surface area (Å²) in [7, 11) is 1.59. The highest BCUT2D eigenvalue weighted by atomic mass is 35.5. The van der Waals surface area contributed by atoms with Gasteiger partial charge in [0.25, 0.3) is 0 Å². The fourth-order valence-electron chi connectivity index (χ4n) is 1.22. The minimum atomic E-state index is -0.329. The average Bonchev–Trinajstić information content (AvgIpc) is 2.33. The Morgan fingerprint density at radius 1 is 1.73 bits per heavy atom. The zero-order valence-electron chi connectivity index (χ0n) is 6.37. The molecule has 1 aliphatic rings. The highest BCUT2D eigenvalue weighted by Gasteiger charge is 2.30. The fraction of sp³-hybridized carbons (Fsp3) is 0.833. The second kappa shape index (κ2) is 4.54. The third-order valence-electron chi connectivity index (χ3n) is 1.77. The first-order chi connectivity index (χ1) is 4.75. The molecule has 1 fully saturated rings. The maximum Gasteiger partial charge on any atom is 0.237 e. The number of hydrogen-bond acceptors (Lipinski definition) is 3. The summed E-state index contributed by atoms with van der Waals surface area (Å²) in [5.41, 5.74) is 5.08. The molecule has 1 heterocycles. The van der Waals surface area contributed by atoms with Crippen molar-refractivity contribution < 1.29 is 9.53 Å². The molecular formula is C6H13ClN2O2. The molecular weight excluding hydrogens is 168 g/mol. The van der Waals surface area contributed by atoms with E-state index < -0.39 is 0 Å². The van der Waals surface area contributed by atoms with Crippen LogP contribution in [0.15, 0.2) is 0 Å². The van der Waals surface area contributed by atoms with Gasteiger partial charge in [-0.25, -0.2) is 0 Å². The van der Waals surface area contributed by atoms with E-state index in [1.54, 1.807) is 7.11 Å². The number of nitrogens with one attached hydrogen (secondary N) is 1. The normalized spacial score (nSPS) is 29.5. The van der Waals surface area contributed by atoms with Crippen molar-refractivity contribution in [1.29, 1.82) is 0 Å². The van der Waals surface area contributed by atoms with Crippen LogP contribution in [0.25, 0.3) is 0 Å². The zero-order chi connectivity index (χ0) is 7.56. The zero-order valence-corrected chi connectivity index (χ0v) is 7.19. The monoisotopic (exact) mass is 180 g/mol. The molecule has 0 aromatic carbocycles. The molecule has 11 heavy (non-hydrogen) atoms. The second-order valence-electron chi connectivity index (χ2n) is 2.40. The molecule has 1 aliphatic heterocycles. The molecule has 3 N–H and O–H groups in total. The third-order valence-corrected chi connectivity index (χ3v) is 1.77. The molecule has 0 unspecified atom stereocenters. The van der Waals surface area contributed by atoms with Crippen LogP contribution in [-0.2, 0) is 9.53 Å². The topological polar surface area (TPSA) is 64.3 Å². The van der Waals surface area contributed by atoms with E-state index in [4.69, 9.17) is 10.5 Å². The van der Waals surface area contributed by atoms with E-state index in [2.05, 4.69) is 5.32 Å². The Bertz CT molecular complexity index is 143. The van der Waals surface area contributed by atoms with Crippen molar-refractivity contribution >= 4 is 18.3 Å². The minimum absolute atomic E-state index is 0. The van der Waals surface area contributed by atoms with Gasteiger partial charge in [0.15, 0.2) is 0 Å². The molecule has 2 atom stereocenters. The predicted molar refractivity (Wildman–Crippen MR) is 43.6 cm³/mol. The molecule has 5 heteroatoms. The summed E-state index contributed by atoms with van der Waals surface area (Å²) in [5, 5.41) is 2.96. The predicted octanol–water partition coefficient (Wildman–Crippen LogP) is -0.730. The number of halogens is 1. The summed E-state index contributed by atoms with van der Waals surface area (Å²) in [6.07, 6.45) is 0.835. The smallest absolute Gasteiger partial charge is 0.237 e. The second-order valence-corrected chi connectivity index (χ2v) is 2.40. The summed E-state index contributed by atoms with van der Waals surface area (Å²) >= 11 is 0. The summed E-state index contributed by atoms with van der Waals surface area (Å²) < 4.78 is 5.02. The van der Waals surface area contributed by atoms with Crippen molar-refractivity contribution in [2.75, 3.05) is 13.7 Å². The van der Waals surface area contributed by atoms with E-state index in [-0.39, 0.29) is 30.5 Å². The molecule has 0 aromatic rings. The Labute approximate surface area is 71.9 Å². The van der Waals surface area contributed by atoms with Gasteiger partial charge in [-0.05, 0) is 13.0 Å². The number of methoxy groups -OCH3 is 1. The summed E-state index contributed by atoms with van der Waals surface area (Å²) in [5.74, 6) is -0.329. The Balaban J connectivity index is 0.000001000. The lowest BCUT2D eigenvalue weighted by molar-refractivity contribution is -0.122. The molecule has 66 valence electrons. The standard InChI is InChI=1S/C6H12N2O2.ClH/c1-10-4-2-3-8-5(4)6(7)9;/h4-5,8H,2-3H2,1H3,(H2,7,9);1H/t4-,5-;/m0./s1. The third kappa shape index (κ3) is 2.32. The van der Waals surface area contributed by atoms with E-state index in [1.165, 1.54) is 0 Å². The first kappa shape index (κ1) is 10.7. The number of ether oxygens (including phenoxy) is 1. The maximum absolute atomic E-state index is 10.7. The fourth-order valence-corrected chi connectivity index (χ4v) is 1.22. The van der Waals surface area contributed by atoms with Crippen LogP contribution in [0, 0.1) is 0 Å². The van der Waals surface area contributed by atoms with E-state index in [1.807, 2.05) is 0 Å². The van der Waals surface area contributed by atoms with Gasteiger partial charge in [-0.15, -0.1) is 12.4 Å². The van der Waals surface area contributed by atoms with Crippen molar-refractivity contribution in [3.8, 4) is 0 Å². The minimum Gasteiger partial charge on any atom is -0.379 e. The number of carbonyl (C=O) groups excluding carboxylic acids is 1. The molecule has 1 saturated heterocycles. The molecule has 4 nitrogen and oxygen atoms in total. The number of hydrogen-bond donors (Lipinski definition) is 2. The average molecular weight is 181 g/mol. The SMILES string of the molecule is CO[C@H]1CCN[C@@H]1C(N)=O.Cl. The van der Waals surface area contributed by atoms with Gasteiger partial charge in [0, 0.05) is 7.11 Å². The maximum atomic E-state index is 10.7. The van der Waals surface area contributed by atoms with Crippen molar-refractivity contribution in [1.82, 2.24) is 5.32 Å². The Kier molecular flexibility index (Phi) is 4.40. The lowest BCUT2D eigenvalue weighted by Gasteiger charge is -2.13. The van der Waals surface area contributed by atoms with Crippen LogP contribution in [-0.4, -0.2) is 31.7 Å². The van der Waals surface area contributed by atoms with Gasteiger partial charge in [-0.1, -0.05) is 0 Å². The van der Waals surface area contributed by atoms with Crippen LogP contribution in [0.1, 0.15) is 6.42 Å². The van der Waals surface area contributed by atoms with Crippen LogP contribution in [0.4, 0.5) is 0 Å². The van der Waals surface area contributed by atoms with E-state index >= 15 is 0 Å². The summed E-state index contributed by atoms with van der Waals surface area (Å²) in [4.78, 5) is 10.7. The van der Waals surface area contributed by atoms with Crippen molar-refractivity contribution in [3.63, 3.8) is 0 Å². The van der Waals surface area contributed by atoms with Gasteiger partial charge in [0.2, 0.25) is 5.91 Å². The number of primary amides is 1. The van der Waals surface area contributed by atoms with Gasteiger partial charge < -0.3 is 15.8 Å². The van der Waals surface area contributed by atoms with Crippen LogP contribution in [0.3, 0.4) is 0 Å². The molecule has 1 amide bonds. The number of nitrogens with two attached hydrogens (primary N) is 1. The highest BCUT2D eigenvalue weighted by molar-refractivity contribution is 5.85. The van der Waals surface area contributed by atoms with Crippen LogP contribution in [0.2, 0.25) is 0 Å². The molecule has 0 bridgehead atoms. The van der Waals surface area contributed by atoms with Gasteiger partial charge in [-0.2, -0.15) is 0 Å². The Hall–Kier alpha value is -0.320. The first-order valence-corrected chi connectivity index (χ1v) is 3.31. The van der Waals surface area contributed by atoms with Gasteiger partial charge in [0.1, 0.15) is 6.04 Å². The van der Waals surface area contributed by atoms with Crippen LogP contribution in [0.5, 0.6) is 0 Å². The Morgan fingerprint density at radius 2 is 2.36 bits per heavy atom. The van der Waals surface area contributed by atoms with Gasteiger partial charge >= 0.3 is 0 Å². The molecule has 0 spiro atoms. The highest BCUT2D eigenvalue weighted by Crippen LogP contribution is 2.09. The van der Waals surface area contributed by atoms with Crippen molar-refractivity contribution in [2.45, 2.75) is 18.6 Å². The lowest BCUT2D eigenvalue weighted by Crippen LogP contribution is -2.43. The molecule has 0 radical (unpaired) electrons. The lowest BCUT2D eigenvalue weighted by atomic mass is 10.2. The molecule has 1 rings (SSSR count). The van der Waals surface area contributed by atoms with Crippen molar-refractivity contribution in [3.05, 3.63) is 0 Å². The van der Waals surface area contributed by atoms with Crippen LogP contribution >= 0.6 is 12.4 Å². The number of rotatable bonds is 2. The van der Waals surface area contributed by atoms with Crippen molar-refractivity contribution in [2.24, 2.45) is 5.73 Å². The molecule has 0 saturated carbocycles. The van der Waals surface area contributed by atoms with E-state index in [9.17, 15) is 4.79 Å². The van der Waals surface area contributed by atoms with E-state index in [0.717, 1.165) is 13.0 Å². The quantitative estimate of drug-likeness (QED) is 0.589. The Morgan fingerprint density at radius 3 is 2.73 bits per heavy atom. The number of carbonyl (C=O) groups is 1. The largest absolute Gasteiger partial charge is 0.379 e. The van der Waals surface area contributed by atoms with E-state index in [0.29, 0.717) is 0 Å². The molecule has 0 aromatic heterocycles. The molecule has 0 aliphatic carbocycles. The first-order valence-electron chi connectivity index (χ1n) is 3.31. The number of amides is 1.